The minimum atomic E-state index is -3.32. The molecular weight excluding hydrogens is 293 g/mol. The summed E-state index contributed by atoms with van der Waals surface area (Å²) in [5, 5.41) is 0.629. The number of hydrogen-bond donors (Lipinski definition) is 1. The van der Waals surface area contributed by atoms with E-state index in [0.29, 0.717) is 10.9 Å². The fraction of sp³-hybridized carbons (Fsp3) is 0.500. The SMILES string of the molecule is CC(CCl)CS(=O)(=O)N[C@H](C)c1ccc(Cl)cc1. The van der Waals surface area contributed by atoms with Gasteiger partial charge >= 0.3 is 0 Å². The Hall–Kier alpha value is -0.290. The maximum Gasteiger partial charge on any atom is 0.212 e. The summed E-state index contributed by atoms with van der Waals surface area (Å²) >= 11 is 11.4. The van der Waals surface area contributed by atoms with Crippen molar-refractivity contribution in [3.05, 3.63) is 34.9 Å². The maximum atomic E-state index is 11.9. The zero-order valence-corrected chi connectivity index (χ0v) is 12.7. The number of halogens is 2. The predicted octanol–water partition coefficient (Wildman–Crippen LogP) is 3.20. The minimum absolute atomic E-state index is 0.0361. The summed E-state index contributed by atoms with van der Waals surface area (Å²) in [7, 11) is -3.32. The molecule has 18 heavy (non-hydrogen) atoms. The highest BCUT2D eigenvalue weighted by atomic mass is 35.5. The molecule has 0 aromatic heterocycles. The Morgan fingerprint density at radius 2 is 1.78 bits per heavy atom. The molecule has 0 aliphatic heterocycles. The summed E-state index contributed by atoms with van der Waals surface area (Å²) < 4.78 is 26.3. The first kappa shape index (κ1) is 15.8. The van der Waals surface area contributed by atoms with E-state index in [2.05, 4.69) is 4.72 Å². The van der Waals surface area contributed by atoms with E-state index in [-0.39, 0.29) is 17.7 Å². The van der Waals surface area contributed by atoms with Gasteiger partial charge in [0.1, 0.15) is 0 Å². The predicted molar refractivity (Wildman–Crippen MR) is 76.7 cm³/mol. The Labute approximate surface area is 119 Å². The number of sulfonamides is 1. The molecule has 1 unspecified atom stereocenters. The highest BCUT2D eigenvalue weighted by molar-refractivity contribution is 7.89. The topological polar surface area (TPSA) is 46.2 Å². The molecule has 0 heterocycles. The van der Waals surface area contributed by atoms with Crippen molar-refractivity contribution >= 4 is 33.2 Å². The molecule has 1 aromatic carbocycles. The first-order chi connectivity index (χ1) is 8.34. The molecule has 0 spiro atoms. The lowest BCUT2D eigenvalue weighted by Crippen LogP contribution is -2.31. The molecule has 1 aromatic rings. The second-order valence-electron chi connectivity index (χ2n) is 4.43. The van der Waals surface area contributed by atoms with Crippen LogP contribution in [-0.2, 0) is 10.0 Å². The van der Waals surface area contributed by atoms with E-state index in [1.54, 1.807) is 38.1 Å². The normalized spacial score (nSPS) is 15.3. The van der Waals surface area contributed by atoms with Crippen LogP contribution in [0.5, 0.6) is 0 Å². The van der Waals surface area contributed by atoms with Gasteiger partial charge in [0.2, 0.25) is 10.0 Å². The first-order valence-corrected chi connectivity index (χ1v) is 8.22. The summed E-state index contributed by atoms with van der Waals surface area (Å²) in [6.45, 7) is 3.60. The average Bonchev–Trinajstić information content (AvgIpc) is 2.28. The minimum Gasteiger partial charge on any atom is -0.212 e. The monoisotopic (exact) mass is 309 g/mol. The molecule has 0 saturated heterocycles. The second kappa shape index (κ2) is 6.75. The van der Waals surface area contributed by atoms with Gasteiger partial charge in [0.15, 0.2) is 0 Å². The molecule has 3 nitrogen and oxygen atoms in total. The van der Waals surface area contributed by atoms with Crippen molar-refractivity contribution in [1.82, 2.24) is 4.72 Å². The van der Waals surface area contributed by atoms with Gasteiger partial charge in [-0.15, -0.1) is 11.6 Å². The van der Waals surface area contributed by atoms with Crippen LogP contribution in [0.15, 0.2) is 24.3 Å². The quantitative estimate of drug-likeness (QED) is 0.820. The molecule has 0 radical (unpaired) electrons. The van der Waals surface area contributed by atoms with Crippen molar-refractivity contribution in [2.75, 3.05) is 11.6 Å². The summed E-state index contributed by atoms with van der Waals surface area (Å²) in [4.78, 5) is 0. The molecule has 6 heteroatoms. The standard InChI is InChI=1S/C12H17Cl2NO2S/c1-9(7-13)8-18(16,17)15-10(2)11-3-5-12(14)6-4-11/h3-6,9-10,15H,7-8H2,1-2H3/t9?,10-/m1/s1. The molecule has 1 rings (SSSR count). The molecule has 0 fully saturated rings. The van der Waals surface area contributed by atoms with E-state index < -0.39 is 10.0 Å². The van der Waals surface area contributed by atoms with Crippen LogP contribution in [0.2, 0.25) is 5.02 Å². The van der Waals surface area contributed by atoms with Gasteiger partial charge in [-0.2, -0.15) is 0 Å². The van der Waals surface area contributed by atoms with Crippen LogP contribution in [0.25, 0.3) is 0 Å². The van der Waals surface area contributed by atoms with Gasteiger partial charge < -0.3 is 0 Å². The lowest BCUT2D eigenvalue weighted by molar-refractivity contribution is 0.555. The Morgan fingerprint density at radius 3 is 2.28 bits per heavy atom. The molecule has 0 saturated carbocycles. The third-order valence-electron chi connectivity index (χ3n) is 2.49. The Bertz CT molecular complexity index is 473. The second-order valence-corrected chi connectivity index (χ2v) is 6.98. The van der Waals surface area contributed by atoms with E-state index in [0.717, 1.165) is 5.56 Å². The van der Waals surface area contributed by atoms with Gasteiger partial charge in [0.05, 0.1) is 5.75 Å². The van der Waals surface area contributed by atoms with Gasteiger partial charge in [-0.3, -0.25) is 0 Å². The summed E-state index contributed by atoms with van der Waals surface area (Å²) in [6.07, 6.45) is 0. The van der Waals surface area contributed by atoms with Crippen molar-refractivity contribution in [3.63, 3.8) is 0 Å². The van der Waals surface area contributed by atoms with Gasteiger partial charge in [-0.05, 0) is 30.5 Å². The number of benzene rings is 1. The van der Waals surface area contributed by atoms with Gasteiger partial charge in [0, 0.05) is 16.9 Å². The van der Waals surface area contributed by atoms with Gasteiger partial charge in [0.25, 0.3) is 0 Å². The van der Waals surface area contributed by atoms with Gasteiger partial charge in [-0.25, -0.2) is 13.1 Å². The summed E-state index contributed by atoms with van der Waals surface area (Å²) in [5.41, 5.74) is 0.876. The maximum absolute atomic E-state index is 11.9. The van der Waals surface area contributed by atoms with Crippen molar-refractivity contribution < 1.29 is 8.42 Å². The summed E-state index contributed by atoms with van der Waals surface area (Å²) in [6, 6.07) is 6.81. The molecule has 102 valence electrons. The van der Waals surface area contributed by atoms with Crippen LogP contribution >= 0.6 is 23.2 Å². The van der Waals surface area contributed by atoms with Gasteiger partial charge in [-0.1, -0.05) is 30.7 Å². The number of alkyl halides is 1. The van der Waals surface area contributed by atoms with E-state index in [1.807, 2.05) is 0 Å². The van der Waals surface area contributed by atoms with E-state index in [9.17, 15) is 8.42 Å². The molecule has 0 bridgehead atoms. The van der Waals surface area contributed by atoms with Crippen LogP contribution in [0.4, 0.5) is 0 Å². The van der Waals surface area contributed by atoms with E-state index in [1.165, 1.54) is 0 Å². The Balaban J connectivity index is 2.69. The first-order valence-electron chi connectivity index (χ1n) is 5.65. The zero-order valence-electron chi connectivity index (χ0n) is 10.4. The number of rotatable bonds is 6. The third-order valence-corrected chi connectivity index (χ3v) is 4.99. The number of nitrogens with one attached hydrogen (secondary N) is 1. The highest BCUT2D eigenvalue weighted by Gasteiger charge is 2.18. The average molecular weight is 310 g/mol. The van der Waals surface area contributed by atoms with Crippen LogP contribution < -0.4 is 4.72 Å². The Kier molecular flexibility index (Phi) is 5.92. The molecule has 0 aliphatic carbocycles. The summed E-state index contributed by atoms with van der Waals surface area (Å²) in [5.74, 6) is 0.298. The van der Waals surface area contributed by atoms with Crippen molar-refractivity contribution in [3.8, 4) is 0 Å². The molecule has 0 amide bonds. The fourth-order valence-corrected chi connectivity index (χ4v) is 3.56. The smallest absolute Gasteiger partial charge is 0.212 e. The lowest BCUT2D eigenvalue weighted by Gasteiger charge is -2.16. The van der Waals surface area contributed by atoms with Crippen molar-refractivity contribution in [1.29, 1.82) is 0 Å². The van der Waals surface area contributed by atoms with Crippen LogP contribution in [-0.4, -0.2) is 20.1 Å². The van der Waals surface area contributed by atoms with Crippen molar-refractivity contribution in [2.24, 2.45) is 5.92 Å². The molecular formula is C12H17Cl2NO2S. The van der Waals surface area contributed by atoms with Crippen molar-refractivity contribution in [2.45, 2.75) is 19.9 Å². The fourth-order valence-electron chi connectivity index (χ4n) is 1.56. The molecule has 2 atom stereocenters. The highest BCUT2D eigenvalue weighted by Crippen LogP contribution is 2.17. The zero-order chi connectivity index (χ0) is 13.8. The van der Waals surface area contributed by atoms with E-state index >= 15 is 0 Å². The third kappa shape index (κ3) is 5.14. The van der Waals surface area contributed by atoms with Crippen LogP contribution in [0, 0.1) is 5.92 Å². The largest absolute Gasteiger partial charge is 0.212 e. The molecule has 0 aliphatic rings. The van der Waals surface area contributed by atoms with Crippen LogP contribution in [0.1, 0.15) is 25.5 Å². The van der Waals surface area contributed by atoms with E-state index in [4.69, 9.17) is 23.2 Å². The number of hydrogen-bond acceptors (Lipinski definition) is 2. The lowest BCUT2D eigenvalue weighted by atomic mass is 10.1. The molecule has 1 N–H and O–H groups in total. The Morgan fingerprint density at radius 1 is 1.22 bits per heavy atom. The van der Waals surface area contributed by atoms with Crippen LogP contribution in [0.3, 0.4) is 0 Å².